The molecule has 0 unspecified atom stereocenters. The van der Waals surface area contributed by atoms with Gasteiger partial charge in [-0.25, -0.2) is 4.79 Å². The Balaban J connectivity index is 1.87. The van der Waals surface area contributed by atoms with Crippen molar-refractivity contribution in [3.05, 3.63) is 49.4 Å². The number of amides is 1. The molecule has 22 heavy (non-hydrogen) atoms. The number of furan rings is 1. The second-order valence-electron chi connectivity index (χ2n) is 3.57. The van der Waals surface area contributed by atoms with E-state index in [4.69, 9.17) is 0 Å². The first-order valence-electron chi connectivity index (χ1n) is 5.45. The predicted molar refractivity (Wildman–Crippen MR) is 74.0 cm³/mol. The minimum atomic E-state index is -1.04. The molecule has 0 aromatic carbocycles. The number of anilines is 1. The number of nitrogens with one attached hydrogen (secondary N) is 1. The van der Waals surface area contributed by atoms with Gasteiger partial charge in [0.05, 0.1) is 22.1 Å². The molecule has 2 heterocycles. The van der Waals surface area contributed by atoms with Crippen LogP contribution >= 0.6 is 11.3 Å². The lowest BCUT2D eigenvalue weighted by Gasteiger charge is -1.96. The first-order chi connectivity index (χ1) is 10.5. The molecule has 0 spiro atoms. The number of hydrogen-bond donors (Lipinski definition) is 1. The minimum absolute atomic E-state index is 0.0752. The summed E-state index contributed by atoms with van der Waals surface area (Å²) in [6, 6.07) is 4.95. The molecule has 2 aromatic rings. The topological polar surface area (TPSA) is 150 Å². The van der Waals surface area contributed by atoms with Crippen LogP contribution in [0.4, 0.5) is 21.6 Å². The second kappa shape index (κ2) is 6.45. The summed E-state index contributed by atoms with van der Waals surface area (Å²) < 4.78 is 4.67. The van der Waals surface area contributed by atoms with E-state index in [1.807, 2.05) is 0 Å². The Labute approximate surface area is 125 Å². The number of nitrogens with zero attached hydrogens (tertiary/aromatic N) is 3. The van der Waals surface area contributed by atoms with Gasteiger partial charge in [0, 0.05) is 12.1 Å². The molecular formula is C10H6N4O7S. The summed E-state index contributed by atoms with van der Waals surface area (Å²) in [6.07, 6.45) is 0.0773. The SMILES string of the molecule is O=C(Nc1ccc([N+](=O)[O-])o1)ON=Cc1ccc([N+](=O)[O-])s1. The number of carbonyl (C=O) groups is 1. The monoisotopic (exact) mass is 326 g/mol. The van der Waals surface area contributed by atoms with Crippen molar-refractivity contribution in [2.45, 2.75) is 0 Å². The molecule has 0 bridgehead atoms. The molecule has 2 rings (SSSR count). The van der Waals surface area contributed by atoms with Crippen LogP contribution in [0.5, 0.6) is 0 Å². The summed E-state index contributed by atoms with van der Waals surface area (Å²) in [5, 5.41) is 26.2. The van der Waals surface area contributed by atoms with Gasteiger partial charge in [-0.3, -0.25) is 30.4 Å². The van der Waals surface area contributed by atoms with Crippen molar-refractivity contribution in [1.82, 2.24) is 0 Å². The Kier molecular flexibility index (Phi) is 4.43. The third kappa shape index (κ3) is 3.86. The Bertz CT molecular complexity index is 750. The van der Waals surface area contributed by atoms with Crippen LogP contribution in [0.3, 0.4) is 0 Å². The highest BCUT2D eigenvalue weighted by molar-refractivity contribution is 7.16. The zero-order valence-electron chi connectivity index (χ0n) is 10.5. The standard InChI is InChI=1S/C10H6N4O7S/c15-10(12-7-2-3-8(20-7)13(16)17)21-11-5-6-1-4-9(22-6)14(18)19/h1-5H,(H,12,15). The minimum Gasteiger partial charge on any atom is -0.384 e. The molecule has 0 fully saturated rings. The van der Waals surface area contributed by atoms with Crippen LogP contribution in [-0.4, -0.2) is 22.2 Å². The van der Waals surface area contributed by atoms with Crippen LogP contribution in [0.1, 0.15) is 4.88 Å². The van der Waals surface area contributed by atoms with Crippen molar-refractivity contribution in [1.29, 1.82) is 0 Å². The van der Waals surface area contributed by atoms with Gasteiger partial charge < -0.3 is 4.42 Å². The normalized spacial score (nSPS) is 10.5. The molecule has 2 aromatic heterocycles. The maximum Gasteiger partial charge on any atom is 0.440 e. The Morgan fingerprint density at radius 3 is 2.64 bits per heavy atom. The van der Waals surface area contributed by atoms with Gasteiger partial charge in [-0.05, 0) is 6.07 Å². The summed E-state index contributed by atoms with van der Waals surface area (Å²) in [4.78, 5) is 35.7. The lowest BCUT2D eigenvalue weighted by Crippen LogP contribution is -2.10. The predicted octanol–water partition coefficient (Wildman–Crippen LogP) is 2.74. The molecule has 0 radical (unpaired) electrons. The van der Waals surface area contributed by atoms with E-state index in [2.05, 4.69) is 19.7 Å². The van der Waals surface area contributed by atoms with E-state index in [0.29, 0.717) is 4.88 Å². The van der Waals surface area contributed by atoms with Crippen molar-refractivity contribution >= 4 is 40.4 Å². The summed E-state index contributed by atoms with van der Waals surface area (Å²) >= 11 is 0.850. The molecule has 11 nitrogen and oxygen atoms in total. The number of thiophene rings is 1. The van der Waals surface area contributed by atoms with E-state index in [1.54, 1.807) is 0 Å². The molecule has 0 saturated heterocycles. The number of rotatable bonds is 5. The maximum absolute atomic E-state index is 11.3. The fourth-order valence-corrected chi connectivity index (χ4v) is 1.94. The van der Waals surface area contributed by atoms with Crippen molar-refractivity contribution < 1.29 is 23.9 Å². The van der Waals surface area contributed by atoms with Crippen LogP contribution in [0.15, 0.2) is 33.8 Å². The Morgan fingerprint density at radius 2 is 2.05 bits per heavy atom. The van der Waals surface area contributed by atoms with Crippen LogP contribution in [0, 0.1) is 20.2 Å². The van der Waals surface area contributed by atoms with E-state index in [-0.39, 0.29) is 10.9 Å². The molecule has 0 aliphatic carbocycles. The molecule has 0 saturated carbocycles. The van der Waals surface area contributed by atoms with E-state index < -0.39 is 21.8 Å². The molecule has 1 N–H and O–H groups in total. The van der Waals surface area contributed by atoms with Crippen molar-refractivity contribution in [2.24, 2.45) is 5.16 Å². The summed E-state index contributed by atoms with van der Waals surface area (Å²) in [7, 11) is 0. The van der Waals surface area contributed by atoms with E-state index in [0.717, 1.165) is 23.6 Å². The number of oxime groups is 1. The highest BCUT2D eigenvalue weighted by atomic mass is 32.1. The van der Waals surface area contributed by atoms with Gasteiger partial charge in [0.25, 0.3) is 0 Å². The zero-order chi connectivity index (χ0) is 16.1. The third-order valence-electron chi connectivity index (χ3n) is 2.11. The van der Waals surface area contributed by atoms with Crippen molar-refractivity contribution in [2.75, 3.05) is 5.32 Å². The fourth-order valence-electron chi connectivity index (χ4n) is 1.25. The average molecular weight is 326 g/mol. The number of nitro groups is 2. The number of carbonyl (C=O) groups excluding carboxylic acids is 1. The van der Waals surface area contributed by atoms with Crippen LogP contribution in [0.25, 0.3) is 0 Å². The van der Waals surface area contributed by atoms with Gasteiger partial charge >= 0.3 is 17.0 Å². The lowest BCUT2D eigenvalue weighted by molar-refractivity contribution is -0.401. The molecule has 12 heteroatoms. The maximum atomic E-state index is 11.3. The molecule has 114 valence electrons. The van der Waals surface area contributed by atoms with Gasteiger partial charge in [-0.2, -0.15) is 0 Å². The van der Waals surface area contributed by atoms with Gasteiger partial charge in [0.15, 0.2) is 0 Å². The van der Waals surface area contributed by atoms with Gasteiger partial charge in [0.1, 0.15) is 4.92 Å². The van der Waals surface area contributed by atoms with Gasteiger partial charge in [-0.15, -0.1) is 0 Å². The van der Waals surface area contributed by atoms with E-state index >= 15 is 0 Å². The van der Waals surface area contributed by atoms with Crippen LogP contribution < -0.4 is 5.32 Å². The van der Waals surface area contributed by atoms with Gasteiger partial charge in [0.2, 0.25) is 5.88 Å². The van der Waals surface area contributed by atoms with Crippen LogP contribution in [0.2, 0.25) is 0 Å². The van der Waals surface area contributed by atoms with E-state index in [1.165, 1.54) is 18.2 Å². The Hall–Kier alpha value is -3.28. The summed E-state index contributed by atoms with van der Waals surface area (Å²) in [6.45, 7) is 0. The molecule has 0 aliphatic rings. The second-order valence-corrected chi connectivity index (χ2v) is 4.66. The fraction of sp³-hybridized carbons (Fsp3) is 0. The lowest BCUT2D eigenvalue weighted by atomic mass is 10.5. The van der Waals surface area contributed by atoms with Crippen LogP contribution in [-0.2, 0) is 4.84 Å². The summed E-state index contributed by atoms with van der Waals surface area (Å²) in [5.74, 6) is -0.719. The largest absolute Gasteiger partial charge is 0.440 e. The third-order valence-corrected chi connectivity index (χ3v) is 3.08. The first-order valence-corrected chi connectivity index (χ1v) is 6.27. The molecule has 1 amide bonds. The summed E-state index contributed by atoms with van der Waals surface area (Å²) in [5.41, 5.74) is 0. The highest BCUT2D eigenvalue weighted by Crippen LogP contribution is 2.22. The molecule has 0 aliphatic heterocycles. The van der Waals surface area contributed by atoms with Crippen molar-refractivity contribution in [3.63, 3.8) is 0 Å². The molecule has 0 atom stereocenters. The van der Waals surface area contributed by atoms with Gasteiger partial charge in [-0.1, -0.05) is 16.5 Å². The molecular weight excluding hydrogens is 320 g/mol. The average Bonchev–Trinajstić information content (AvgIpc) is 3.07. The Morgan fingerprint density at radius 1 is 1.27 bits per heavy atom. The highest BCUT2D eigenvalue weighted by Gasteiger charge is 2.14. The smallest absolute Gasteiger partial charge is 0.384 e. The quantitative estimate of drug-likeness (QED) is 0.384. The first kappa shape index (κ1) is 15.1. The zero-order valence-corrected chi connectivity index (χ0v) is 11.3. The van der Waals surface area contributed by atoms with E-state index in [9.17, 15) is 25.0 Å². The number of hydrogen-bond acceptors (Lipinski definition) is 9. The van der Waals surface area contributed by atoms with Crippen molar-refractivity contribution in [3.8, 4) is 0 Å².